The van der Waals surface area contributed by atoms with E-state index >= 15 is 0 Å². The molecule has 2 N–H and O–H groups in total. The lowest BCUT2D eigenvalue weighted by atomic mass is 9.85. The monoisotopic (exact) mass is 282 g/mol. The average molecular weight is 282 g/mol. The number of rotatable bonds is 1. The van der Waals surface area contributed by atoms with Crippen LogP contribution in [0.5, 0.6) is 0 Å². The van der Waals surface area contributed by atoms with Gasteiger partial charge < -0.3 is 10.6 Å². The zero-order valence-electron chi connectivity index (χ0n) is 11.9. The van der Waals surface area contributed by atoms with Gasteiger partial charge in [0, 0.05) is 18.8 Å². The zero-order valence-corrected chi connectivity index (χ0v) is 12.8. The first-order valence-corrected chi connectivity index (χ1v) is 8.42. The van der Waals surface area contributed by atoms with Gasteiger partial charge in [0.2, 0.25) is 0 Å². The highest BCUT2D eigenvalue weighted by atomic mass is 32.2. The zero-order chi connectivity index (χ0) is 14.3. The minimum Gasteiger partial charge on any atom is -0.382 e. The van der Waals surface area contributed by atoms with Crippen LogP contribution in [-0.2, 0) is 9.84 Å². The Kier molecular flexibility index (Phi) is 3.51. The summed E-state index contributed by atoms with van der Waals surface area (Å²) in [6.45, 7) is 7.34. The van der Waals surface area contributed by atoms with Crippen LogP contribution in [0.15, 0.2) is 23.1 Å². The van der Waals surface area contributed by atoms with Gasteiger partial charge in [0.1, 0.15) is 0 Å². The Morgan fingerprint density at radius 2 is 1.95 bits per heavy atom. The highest BCUT2D eigenvalue weighted by molar-refractivity contribution is 7.90. The second-order valence-corrected chi connectivity index (χ2v) is 8.21. The van der Waals surface area contributed by atoms with Crippen molar-refractivity contribution in [2.75, 3.05) is 23.4 Å². The van der Waals surface area contributed by atoms with E-state index < -0.39 is 9.84 Å². The van der Waals surface area contributed by atoms with E-state index in [4.69, 9.17) is 0 Å². The molecule has 1 aliphatic heterocycles. The van der Waals surface area contributed by atoms with E-state index in [-0.39, 0.29) is 5.41 Å². The summed E-state index contributed by atoms with van der Waals surface area (Å²) in [5.41, 5.74) is 1.71. The molecular weight excluding hydrogens is 260 g/mol. The molecular formula is C14H22N2O2S. The van der Waals surface area contributed by atoms with Crippen LogP contribution in [0.1, 0.15) is 27.2 Å². The standard InChI is InChI=1S/C14H22N2O2S/c1-14(2,3)12-8-9-15-13-10(16-12)6-5-7-11(13)19(4,17)18/h5-7,12,15-16H,8-9H2,1-4H3. The number of benzene rings is 1. The lowest BCUT2D eigenvalue weighted by Gasteiger charge is -2.31. The molecule has 0 aliphatic carbocycles. The molecule has 0 amide bonds. The van der Waals surface area contributed by atoms with Crippen molar-refractivity contribution in [2.45, 2.75) is 38.1 Å². The van der Waals surface area contributed by atoms with Crippen molar-refractivity contribution in [3.63, 3.8) is 0 Å². The molecule has 0 spiro atoms. The normalized spacial score (nSPS) is 19.9. The molecule has 1 aromatic rings. The molecule has 106 valence electrons. The number of nitrogens with one attached hydrogen (secondary N) is 2. The smallest absolute Gasteiger partial charge is 0.177 e. The third kappa shape index (κ3) is 3.03. The summed E-state index contributed by atoms with van der Waals surface area (Å²) in [6.07, 6.45) is 2.21. The number of hydrogen-bond acceptors (Lipinski definition) is 4. The number of para-hydroxylation sites is 1. The fraction of sp³-hybridized carbons (Fsp3) is 0.571. The summed E-state index contributed by atoms with van der Waals surface area (Å²) in [5, 5.41) is 6.75. The van der Waals surface area contributed by atoms with Crippen LogP contribution in [0.4, 0.5) is 11.4 Å². The van der Waals surface area contributed by atoms with Gasteiger partial charge in [0.25, 0.3) is 0 Å². The summed E-state index contributed by atoms with van der Waals surface area (Å²) in [7, 11) is -3.22. The van der Waals surface area contributed by atoms with E-state index in [9.17, 15) is 8.42 Å². The summed E-state index contributed by atoms with van der Waals surface area (Å²) in [6, 6.07) is 5.69. The third-order valence-corrected chi connectivity index (χ3v) is 4.67. The van der Waals surface area contributed by atoms with Crippen LogP contribution in [0.2, 0.25) is 0 Å². The van der Waals surface area contributed by atoms with E-state index in [1.807, 2.05) is 6.07 Å². The Balaban J connectivity index is 2.47. The van der Waals surface area contributed by atoms with Crippen LogP contribution in [0.25, 0.3) is 0 Å². The van der Waals surface area contributed by atoms with Crippen molar-refractivity contribution in [3.8, 4) is 0 Å². The van der Waals surface area contributed by atoms with E-state index in [1.54, 1.807) is 12.1 Å². The molecule has 19 heavy (non-hydrogen) atoms. The first kappa shape index (κ1) is 14.2. The van der Waals surface area contributed by atoms with Crippen LogP contribution in [0, 0.1) is 5.41 Å². The van der Waals surface area contributed by atoms with Crippen molar-refractivity contribution < 1.29 is 8.42 Å². The van der Waals surface area contributed by atoms with E-state index in [2.05, 4.69) is 31.4 Å². The first-order valence-electron chi connectivity index (χ1n) is 6.53. The van der Waals surface area contributed by atoms with Gasteiger partial charge in [-0.25, -0.2) is 8.42 Å². The Morgan fingerprint density at radius 1 is 1.26 bits per heavy atom. The topological polar surface area (TPSA) is 58.2 Å². The van der Waals surface area contributed by atoms with Gasteiger partial charge in [0.05, 0.1) is 16.3 Å². The molecule has 2 rings (SSSR count). The lowest BCUT2D eigenvalue weighted by molar-refractivity contribution is 0.332. The Morgan fingerprint density at radius 3 is 2.53 bits per heavy atom. The predicted molar refractivity (Wildman–Crippen MR) is 79.5 cm³/mol. The van der Waals surface area contributed by atoms with Crippen LogP contribution >= 0.6 is 0 Å². The molecule has 1 heterocycles. The molecule has 0 saturated heterocycles. The molecule has 4 nitrogen and oxygen atoms in total. The van der Waals surface area contributed by atoms with E-state index in [0.29, 0.717) is 16.6 Å². The van der Waals surface area contributed by atoms with Crippen molar-refractivity contribution >= 4 is 21.2 Å². The van der Waals surface area contributed by atoms with Gasteiger partial charge in [0.15, 0.2) is 9.84 Å². The fourth-order valence-electron chi connectivity index (χ4n) is 2.39. The summed E-state index contributed by atoms with van der Waals surface area (Å²) in [5.74, 6) is 0. The van der Waals surface area contributed by atoms with Crippen molar-refractivity contribution in [1.29, 1.82) is 0 Å². The molecule has 0 bridgehead atoms. The number of hydrogen-bond donors (Lipinski definition) is 2. The highest BCUT2D eigenvalue weighted by Crippen LogP contribution is 2.35. The highest BCUT2D eigenvalue weighted by Gasteiger charge is 2.28. The molecule has 1 unspecified atom stereocenters. The van der Waals surface area contributed by atoms with Crippen molar-refractivity contribution in [2.24, 2.45) is 5.41 Å². The number of sulfone groups is 1. The van der Waals surface area contributed by atoms with Gasteiger partial charge in [-0.15, -0.1) is 0 Å². The maximum Gasteiger partial charge on any atom is 0.177 e. The molecule has 1 aromatic carbocycles. The third-order valence-electron chi connectivity index (χ3n) is 3.54. The minimum atomic E-state index is -3.22. The molecule has 1 atom stereocenters. The molecule has 0 radical (unpaired) electrons. The van der Waals surface area contributed by atoms with Crippen LogP contribution in [0.3, 0.4) is 0 Å². The minimum absolute atomic E-state index is 0.129. The molecule has 1 aliphatic rings. The van der Waals surface area contributed by atoms with Crippen molar-refractivity contribution in [1.82, 2.24) is 0 Å². The summed E-state index contributed by atoms with van der Waals surface area (Å²) in [4.78, 5) is 0.368. The first-order chi connectivity index (χ1) is 8.69. The van der Waals surface area contributed by atoms with Gasteiger partial charge in [-0.05, 0) is 24.0 Å². The second-order valence-electron chi connectivity index (χ2n) is 6.23. The SMILES string of the molecule is CC(C)(C)C1CCNc2c(cccc2S(C)(=O)=O)N1. The summed E-state index contributed by atoms with van der Waals surface area (Å²) >= 11 is 0. The maximum absolute atomic E-state index is 11.8. The van der Waals surface area contributed by atoms with Gasteiger partial charge in [-0.2, -0.15) is 0 Å². The fourth-order valence-corrected chi connectivity index (χ4v) is 3.27. The van der Waals surface area contributed by atoms with Crippen molar-refractivity contribution in [3.05, 3.63) is 18.2 Å². The van der Waals surface area contributed by atoms with E-state index in [0.717, 1.165) is 18.7 Å². The Hall–Kier alpha value is -1.23. The Labute approximate surface area is 115 Å². The quantitative estimate of drug-likeness (QED) is 0.831. The summed E-state index contributed by atoms with van der Waals surface area (Å²) < 4.78 is 23.7. The number of anilines is 2. The van der Waals surface area contributed by atoms with E-state index in [1.165, 1.54) is 6.26 Å². The van der Waals surface area contributed by atoms with Crippen LogP contribution in [-0.4, -0.2) is 27.3 Å². The molecule has 0 fully saturated rings. The second kappa shape index (κ2) is 4.71. The van der Waals surface area contributed by atoms with Gasteiger partial charge in [-0.1, -0.05) is 26.8 Å². The Bertz CT molecular complexity index is 574. The largest absolute Gasteiger partial charge is 0.382 e. The molecule has 5 heteroatoms. The molecule has 0 saturated carbocycles. The molecule has 0 aromatic heterocycles. The maximum atomic E-state index is 11.8. The van der Waals surface area contributed by atoms with Gasteiger partial charge >= 0.3 is 0 Å². The average Bonchev–Trinajstić information content (AvgIpc) is 2.47. The lowest BCUT2D eigenvalue weighted by Crippen LogP contribution is -2.34. The van der Waals surface area contributed by atoms with Crippen LogP contribution < -0.4 is 10.6 Å². The predicted octanol–water partition coefficient (Wildman–Crippen LogP) is 2.73. The van der Waals surface area contributed by atoms with Gasteiger partial charge in [-0.3, -0.25) is 0 Å². The number of fused-ring (bicyclic) bond motifs is 1.